The van der Waals surface area contributed by atoms with Gasteiger partial charge in [0.15, 0.2) is 0 Å². The number of para-hydroxylation sites is 2. The number of rotatable bonds is 1. The minimum Gasteiger partial charge on any atom is -0.333 e. The maximum absolute atomic E-state index is 2.52. The summed E-state index contributed by atoms with van der Waals surface area (Å²) in [5.74, 6) is 0.508. The largest absolute Gasteiger partial charge is 0.333 e. The summed E-state index contributed by atoms with van der Waals surface area (Å²) in [5, 5.41) is 2.71. The Balaban J connectivity index is 2.14. The number of benzene rings is 2. The van der Waals surface area contributed by atoms with Crippen molar-refractivity contribution in [3.63, 3.8) is 0 Å². The number of allylic oxidation sites excluding steroid dienone is 4. The molecule has 0 fully saturated rings. The first-order chi connectivity index (χ1) is 10.3. The van der Waals surface area contributed by atoms with E-state index in [0.29, 0.717) is 12.0 Å². The van der Waals surface area contributed by atoms with Crippen molar-refractivity contribution in [3.8, 4) is 0 Å². The fourth-order valence-electron chi connectivity index (χ4n) is 3.57. The maximum atomic E-state index is 2.52. The molecule has 2 aromatic carbocycles. The molecule has 0 N–H and O–H groups in total. The SMILES string of the molecule is Cc1cccc2c3ccccc3n(C3C=CC=CC3C)c12. The zero-order valence-corrected chi connectivity index (χ0v) is 12.5. The molecule has 1 heterocycles. The van der Waals surface area contributed by atoms with Crippen LogP contribution >= 0.6 is 0 Å². The van der Waals surface area contributed by atoms with Gasteiger partial charge in [-0.25, -0.2) is 0 Å². The van der Waals surface area contributed by atoms with Crippen molar-refractivity contribution in [2.45, 2.75) is 19.9 Å². The van der Waals surface area contributed by atoms with Crippen molar-refractivity contribution in [3.05, 3.63) is 72.3 Å². The predicted molar refractivity (Wildman–Crippen MR) is 90.7 cm³/mol. The lowest BCUT2D eigenvalue weighted by Gasteiger charge is -2.25. The zero-order valence-electron chi connectivity index (χ0n) is 12.5. The molecule has 21 heavy (non-hydrogen) atoms. The molecule has 0 radical (unpaired) electrons. The van der Waals surface area contributed by atoms with Gasteiger partial charge in [0.1, 0.15) is 0 Å². The Morgan fingerprint density at radius 1 is 0.857 bits per heavy atom. The van der Waals surface area contributed by atoms with Crippen LogP contribution in [-0.2, 0) is 0 Å². The van der Waals surface area contributed by atoms with E-state index in [4.69, 9.17) is 0 Å². The summed E-state index contributed by atoms with van der Waals surface area (Å²) in [6, 6.07) is 15.8. The molecule has 0 bridgehead atoms. The molecule has 1 heteroatoms. The quantitative estimate of drug-likeness (QED) is 0.559. The van der Waals surface area contributed by atoms with Gasteiger partial charge in [-0.1, -0.05) is 67.6 Å². The molecule has 104 valence electrons. The molecule has 2 atom stereocenters. The molecular weight excluding hydrogens is 254 g/mol. The molecule has 0 aliphatic heterocycles. The molecular formula is C20H19N. The summed E-state index contributed by atoms with van der Waals surface area (Å²) in [6.45, 7) is 4.51. The van der Waals surface area contributed by atoms with Crippen molar-refractivity contribution < 1.29 is 0 Å². The lowest BCUT2D eigenvalue weighted by Crippen LogP contribution is -2.15. The molecule has 3 aromatic rings. The number of hydrogen-bond donors (Lipinski definition) is 0. The molecule has 1 nitrogen and oxygen atoms in total. The lowest BCUT2D eigenvalue weighted by molar-refractivity contribution is 0.509. The highest BCUT2D eigenvalue weighted by molar-refractivity contribution is 6.09. The number of aryl methyl sites for hydroxylation is 1. The molecule has 0 saturated heterocycles. The standard InChI is InChI=1S/C20H19N/c1-14-8-3-5-12-18(14)21-19-13-6-4-10-16(19)17-11-7-9-15(2)20(17)21/h3-14,18H,1-2H3. The van der Waals surface area contributed by atoms with Gasteiger partial charge in [0.05, 0.1) is 11.6 Å². The second kappa shape index (κ2) is 4.63. The third kappa shape index (κ3) is 1.77. The van der Waals surface area contributed by atoms with Gasteiger partial charge in [0.25, 0.3) is 0 Å². The Morgan fingerprint density at radius 3 is 2.48 bits per heavy atom. The Bertz CT molecular complexity index is 879. The summed E-state index contributed by atoms with van der Waals surface area (Å²) >= 11 is 0. The molecule has 0 amide bonds. The van der Waals surface area contributed by atoms with Crippen LogP contribution < -0.4 is 0 Å². The van der Waals surface area contributed by atoms with E-state index in [9.17, 15) is 0 Å². The number of fused-ring (bicyclic) bond motifs is 3. The van der Waals surface area contributed by atoms with Crippen LogP contribution in [0.25, 0.3) is 21.8 Å². The van der Waals surface area contributed by atoms with Gasteiger partial charge < -0.3 is 4.57 Å². The number of aromatic nitrogens is 1. The van der Waals surface area contributed by atoms with Gasteiger partial charge in [-0.15, -0.1) is 0 Å². The van der Waals surface area contributed by atoms with Crippen molar-refractivity contribution in [2.24, 2.45) is 5.92 Å². The van der Waals surface area contributed by atoms with Crippen molar-refractivity contribution in [1.29, 1.82) is 0 Å². The molecule has 1 aliphatic carbocycles. The van der Waals surface area contributed by atoms with Crippen LogP contribution in [0.5, 0.6) is 0 Å². The van der Waals surface area contributed by atoms with E-state index in [1.165, 1.54) is 27.4 Å². The van der Waals surface area contributed by atoms with Crippen LogP contribution in [-0.4, -0.2) is 4.57 Å². The number of nitrogens with zero attached hydrogens (tertiary/aromatic N) is 1. The summed E-state index contributed by atoms with van der Waals surface area (Å²) < 4.78 is 2.52. The molecule has 2 unspecified atom stereocenters. The third-order valence-corrected chi connectivity index (χ3v) is 4.60. The average Bonchev–Trinajstić information content (AvgIpc) is 2.84. The molecule has 4 rings (SSSR count). The number of hydrogen-bond acceptors (Lipinski definition) is 0. The highest BCUT2D eigenvalue weighted by Crippen LogP contribution is 2.37. The van der Waals surface area contributed by atoms with Gasteiger partial charge in [-0.2, -0.15) is 0 Å². The molecule has 1 aliphatic rings. The second-order valence-corrected chi connectivity index (χ2v) is 5.98. The molecule has 1 aromatic heterocycles. The van der Waals surface area contributed by atoms with E-state index in [1.54, 1.807) is 0 Å². The van der Waals surface area contributed by atoms with E-state index in [-0.39, 0.29) is 0 Å². The van der Waals surface area contributed by atoms with Crippen molar-refractivity contribution in [2.75, 3.05) is 0 Å². The van der Waals surface area contributed by atoms with E-state index >= 15 is 0 Å². The Morgan fingerprint density at radius 2 is 1.62 bits per heavy atom. The van der Waals surface area contributed by atoms with E-state index in [1.807, 2.05) is 0 Å². The summed E-state index contributed by atoms with van der Waals surface area (Å²) in [7, 11) is 0. The van der Waals surface area contributed by atoms with Crippen LogP contribution in [0.4, 0.5) is 0 Å². The van der Waals surface area contributed by atoms with Crippen molar-refractivity contribution >= 4 is 21.8 Å². The van der Waals surface area contributed by atoms with Crippen molar-refractivity contribution in [1.82, 2.24) is 4.57 Å². The summed E-state index contributed by atoms with van der Waals surface area (Å²) in [4.78, 5) is 0. The van der Waals surface area contributed by atoms with Crippen LogP contribution in [0.2, 0.25) is 0 Å². The zero-order chi connectivity index (χ0) is 14.4. The smallest absolute Gasteiger partial charge is 0.0585 e. The predicted octanol–water partition coefficient (Wildman–Crippen LogP) is 5.41. The van der Waals surface area contributed by atoms with Gasteiger partial charge in [0, 0.05) is 16.3 Å². The van der Waals surface area contributed by atoms with Gasteiger partial charge >= 0.3 is 0 Å². The fourth-order valence-corrected chi connectivity index (χ4v) is 3.57. The first-order valence-corrected chi connectivity index (χ1v) is 7.60. The monoisotopic (exact) mass is 273 g/mol. The molecule has 0 saturated carbocycles. The van der Waals surface area contributed by atoms with E-state index in [0.717, 1.165) is 0 Å². The first kappa shape index (κ1) is 12.5. The normalized spacial score (nSPS) is 21.4. The average molecular weight is 273 g/mol. The van der Waals surface area contributed by atoms with E-state index in [2.05, 4.69) is 85.2 Å². The maximum Gasteiger partial charge on any atom is 0.0585 e. The van der Waals surface area contributed by atoms with Crippen LogP contribution in [0.15, 0.2) is 66.8 Å². The highest BCUT2D eigenvalue weighted by atomic mass is 15.0. The minimum atomic E-state index is 0.387. The van der Waals surface area contributed by atoms with Gasteiger partial charge in [0.2, 0.25) is 0 Å². The fraction of sp³-hybridized carbons (Fsp3) is 0.200. The van der Waals surface area contributed by atoms with Gasteiger partial charge in [-0.05, 0) is 24.5 Å². The van der Waals surface area contributed by atoms with Crippen LogP contribution in [0, 0.1) is 12.8 Å². The summed E-state index contributed by atoms with van der Waals surface area (Å²) in [5.41, 5.74) is 4.05. The van der Waals surface area contributed by atoms with Crippen LogP contribution in [0.3, 0.4) is 0 Å². The second-order valence-electron chi connectivity index (χ2n) is 5.98. The Hall–Kier alpha value is -2.28. The Kier molecular flexibility index (Phi) is 2.75. The highest BCUT2D eigenvalue weighted by Gasteiger charge is 2.21. The summed E-state index contributed by atoms with van der Waals surface area (Å²) in [6.07, 6.45) is 8.94. The molecule has 0 spiro atoms. The topological polar surface area (TPSA) is 4.93 Å². The third-order valence-electron chi connectivity index (χ3n) is 4.60. The Labute approximate surface area is 125 Å². The van der Waals surface area contributed by atoms with E-state index < -0.39 is 0 Å². The van der Waals surface area contributed by atoms with Gasteiger partial charge in [-0.3, -0.25) is 0 Å². The van der Waals surface area contributed by atoms with Crippen LogP contribution in [0.1, 0.15) is 18.5 Å². The first-order valence-electron chi connectivity index (χ1n) is 7.60. The minimum absolute atomic E-state index is 0.387. The lowest BCUT2D eigenvalue weighted by atomic mass is 9.96.